The molecule has 2 amide bonds. The van der Waals surface area contributed by atoms with Gasteiger partial charge in [0.2, 0.25) is 11.8 Å². The van der Waals surface area contributed by atoms with Crippen LogP contribution in [0.15, 0.2) is 18.2 Å². The van der Waals surface area contributed by atoms with Gasteiger partial charge in [0.15, 0.2) is 0 Å². The van der Waals surface area contributed by atoms with E-state index in [1.165, 1.54) is 0 Å². The first-order valence-corrected chi connectivity index (χ1v) is 12.4. The molecule has 2 aromatic rings. The Hall–Kier alpha value is -3.49. The third kappa shape index (κ3) is 6.38. The molecule has 9 nitrogen and oxygen atoms in total. The zero-order valence-electron chi connectivity index (χ0n) is 21.9. The lowest BCUT2D eigenvalue weighted by Gasteiger charge is -2.32. The molecule has 36 heavy (non-hydrogen) atoms. The summed E-state index contributed by atoms with van der Waals surface area (Å²) in [6.07, 6.45) is 2.36. The first kappa shape index (κ1) is 27.1. The number of hydrogen-bond acceptors (Lipinski definition) is 6. The topological polar surface area (TPSA) is 110 Å². The largest absolute Gasteiger partial charge is 0.497 e. The molecular weight excluding hydrogens is 462 g/mol. The number of nitrogens with zero attached hydrogens (tertiary/aromatic N) is 1. The third-order valence-corrected chi connectivity index (χ3v) is 6.75. The van der Waals surface area contributed by atoms with E-state index >= 15 is 0 Å². The molecular formula is C27H37N3O6. The minimum Gasteiger partial charge on any atom is -0.497 e. The van der Waals surface area contributed by atoms with Crippen molar-refractivity contribution in [3.05, 3.63) is 46.3 Å². The summed E-state index contributed by atoms with van der Waals surface area (Å²) in [5.41, 5.74) is 3.92. The van der Waals surface area contributed by atoms with E-state index in [-0.39, 0.29) is 23.7 Å². The molecule has 2 heterocycles. The van der Waals surface area contributed by atoms with Gasteiger partial charge in [0.1, 0.15) is 17.2 Å². The second kappa shape index (κ2) is 12.5. The Balaban J connectivity index is 1.56. The number of aryl methyl sites for hydroxylation is 1. The molecule has 1 aliphatic rings. The number of carbonyl (C=O) groups excluding carboxylic acids is 3. The van der Waals surface area contributed by atoms with Gasteiger partial charge in [-0.25, -0.2) is 4.79 Å². The van der Waals surface area contributed by atoms with Crippen molar-refractivity contribution in [3.63, 3.8) is 0 Å². The lowest BCUT2D eigenvalue weighted by atomic mass is 9.96. The van der Waals surface area contributed by atoms with Crippen LogP contribution in [0, 0.1) is 19.8 Å². The van der Waals surface area contributed by atoms with Crippen LogP contribution in [-0.4, -0.2) is 61.6 Å². The number of methoxy groups -OCH3 is 2. The number of nitrogens with one attached hydrogen (secondary N) is 2. The maximum Gasteiger partial charge on any atom is 0.355 e. The van der Waals surface area contributed by atoms with Crippen LogP contribution < -0.4 is 14.8 Å². The molecule has 1 saturated heterocycles. The number of carbonyl (C=O) groups is 3. The highest BCUT2D eigenvalue weighted by molar-refractivity contribution is 5.90. The lowest BCUT2D eigenvalue weighted by Crippen LogP contribution is -2.45. The highest BCUT2D eigenvalue weighted by atomic mass is 16.5. The van der Waals surface area contributed by atoms with E-state index in [0.29, 0.717) is 56.3 Å². The van der Waals surface area contributed by atoms with Gasteiger partial charge < -0.3 is 29.4 Å². The SMILES string of the molecule is CCOC(=O)c1[nH]c(C)c(CCC(=O)N2CCC[C@H](C(=O)NCc3cc(OC)ccc3OC)C2)c1C. The van der Waals surface area contributed by atoms with Crippen LogP contribution in [-0.2, 0) is 27.3 Å². The molecule has 0 aliphatic carbocycles. The van der Waals surface area contributed by atoms with Crippen LogP contribution >= 0.6 is 0 Å². The molecule has 196 valence electrons. The molecule has 0 saturated carbocycles. The number of esters is 1. The summed E-state index contributed by atoms with van der Waals surface area (Å²) in [5.74, 6) is 0.667. The first-order chi connectivity index (χ1) is 17.3. The number of hydrogen-bond donors (Lipinski definition) is 2. The second-order valence-electron chi connectivity index (χ2n) is 9.02. The number of ether oxygens (including phenoxy) is 3. The number of benzene rings is 1. The minimum absolute atomic E-state index is 0.0136. The zero-order valence-corrected chi connectivity index (χ0v) is 21.9. The number of rotatable bonds is 10. The molecule has 0 spiro atoms. The average molecular weight is 500 g/mol. The highest BCUT2D eigenvalue weighted by Crippen LogP contribution is 2.25. The fourth-order valence-electron chi connectivity index (χ4n) is 4.73. The Morgan fingerprint density at radius 2 is 1.94 bits per heavy atom. The van der Waals surface area contributed by atoms with E-state index in [1.54, 1.807) is 26.0 Å². The van der Waals surface area contributed by atoms with Gasteiger partial charge >= 0.3 is 5.97 Å². The summed E-state index contributed by atoms with van der Waals surface area (Å²) in [6, 6.07) is 5.46. The Kier molecular flexibility index (Phi) is 9.38. The van der Waals surface area contributed by atoms with E-state index in [4.69, 9.17) is 14.2 Å². The Morgan fingerprint density at radius 3 is 2.64 bits per heavy atom. The molecule has 3 rings (SSSR count). The van der Waals surface area contributed by atoms with Crippen LogP contribution in [0.4, 0.5) is 0 Å². The number of aromatic amines is 1. The van der Waals surface area contributed by atoms with Crippen molar-refractivity contribution in [1.82, 2.24) is 15.2 Å². The molecule has 1 aliphatic heterocycles. The summed E-state index contributed by atoms with van der Waals surface area (Å²) >= 11 is 0. The van der Waals surface area contributed by atoms with E-state index in [1.807, 2.05) is 32.0 Å². The Morgan fingerprint density at radius 1 is 1.17 bits per heavy atom. The van der Waals surface area contributed by atoms with Gasteiger partial charge in [-0.2, -0.15) is 0 Å². The third-order valence-electron chi connectivity index (χ3n) is 6.75. The van der Waals surface area contributed by atoms with E-state index in [2.05, 4.69) is 10.3 Å². The van der Waals surface area contributed by atoms with Gasteiger partial charge in [-0.05, 0) is 69.4 Å². The maximum absolute atomic E-state index is 13.0. The number of H-pyrrole nitrogens is 1. The van der Waals surface area contributed by atoms with Crippen molar-refractivity contribution in [2.75, 3.05) is 33.9 Å². The molecule has 9 heteroatoms. The van der Waals surface area contributed by atoms with Crippen LogP contribution in [0.2, 0.25) is 0 Å². The molecule has 0 bridgehead atoms. The molecule has 0 radical (unpaired) electrons. The van der Waals surface area contributed by atoms with Crippen LogP contribution in [0.5, 0.6) is 11.5 Å². The number of aromatic nitrogens is 1. The van der Waals surface area contributed by atoms with E-state index < -0.39 is 0 Å². The molecule has 1 aromatic heterocycles. The van der Waals surface area contributed by atoms with Gasteiger partial charge in [-0.15, -0.1) is 0 Å². The van der Waals surface area contributed by atoms with Crippen LogP contribution in [0.1, 0.15) is 59.1 Å². The number of amides is 2. The van der Waals surface area contributed by atoms with Crippen molar-refractivity contribution in [2.24, 2.45) is 5.92 Å². The summed E-state index contributed by atoms with van der Waals surface area (Å²) in [6.45, 7) is 7.21. The summed E-state index contributed by atoms with van der Waals surface area (Å²) in [4.78, 5) is 42.9. The first-order valence-electron chi connectivity index (χ1n) is 12.4. The quantitative estimate of drug-likeness (QED) is 0.486. The minimum atomic E-state index is -0.382. The second-order valence-corrected chi connectivity index (χ2v) is 9.02. The highest BCUT2D eigenvalue weighted by Gasteiger charge is 2.29. The summed E-state index contributed by atoms with van der Waals surface area (Å²) < 4.78 is 15.8. The van der Waals surface area contributed by atoms with Crippen molar-refractivity contribution in [1.29, 1.82) is 0 Å². The van der Waals surface area contributed by atoms with Gasteiger partial charge in [0, 0.05) is 37.3 Å². The molecule has 0 unspecified atom stereocenters. The Bertz CT molecular complexity index is 1090. The predicted molar refractivity (Wildman–Crippen MR) is 135 cm³/mol. The molecule has 1 atom stereocenters. The van der Waals surface area contributed by atoms with Crippen LogP contribution in [0.3, 0.4) is 0 Å². The van der Waals surface area contributed by atoms with Crippen molar-refractivity contribution >= 4 is 17.8 Å². The zero-order chi connectivity index (χ0) is 26.2. The van der Waals surface area contributed by atoms with Crippen LogP contribution in [0.25, 0.3) is 0 Å². The van der Waals surface area contributed by atoms with Gasteiger partial charge in [0.25, 0.3) is 0 Å². The summed E-state index contributed by atoms with van der Waals surface area (Å²) in [5, 5.41) is 2.99. The van der Waals surface area contributed by atoms with Crippen molar-refractivity contribution in [2.45, 2.75) is 53.0 Å². The predicted octanol–water partition coefficient (Wildman–Crippen LogP) is 3.31. The fraction of sp³-hybridized carbons (Fsp3) is 0.519. The van der Waals surface area contributed by atoms with E-state index in [0.717, 1.165) is 35.2 Å². The number of piperidine rings is 1. The van der Waals surface area contributed by atoms with E-state index in [9.17, 15) is 14.4 Å². The van der Waals surface area contributed by atoms with Crippen molar-refractivity contribution in [3.8, 4) is 11.5 Å². The average Bonchev–Trinajstić information content (AvgIpc) is 3.18. The van der Waals surface area contributed by atoms with Gasteiger partial charge in [-0.3, -0.25) is 9.59 Å². The Labute approximate surface area is 212 Å². The molecule has 1 fully saturated rings. The number of likely N-dealkylation sites (tertiary alicyclic amines) is 1. The monoisotopic (exact) mass is 499 g/mol. The van der Waals surface area contributed by atoms with Crippen molar-refractivity contribution < 1.29 is 28.6 Å². The maximum atomic E-state index is 13.0. The normalized spacial score (nSPS) is 15.4. The van der Waals surface area contributed by atoms with Gasteiger partial charge in [-0.1, -0.05) is 0 Å². The fourth-order valence-corrected chi connectivity index (χ4v) is 4.73. The lowest BCUT2D eigenvalue weighted by molar-refractivity contribution is -0.135. The molecule has 2 N–H and O–H groups in total. The molecule has 1 aromatic carbocycles. The van der Waals surface area contributed by atoms with Gasteiger partial charge in [0.05, 0.1) is 26.7 Å². The summed E-state index contributed by atoms with van der Waals surface area (Å²) in [7, 11) is 3.18. The standard InChI is InChI=1S/C27H37N3O6/c1-6-36-27(33)25-17(2)22(18(3)29-25)10-12-24(31)30-13-7-8-19(16-30)26(32)28-15-20-14-21(34-4)9-11-23(20)35-5/h9,11,14,19,29H,6-8,10,12-13,15-16H2,1-5H3,(H,28,32)/t19-/m0/s1. The smallest absolute Gasteiger partial charge is 0.355 e.